The number of aliphatic hydroxyl groups is 2. The van der Waals surface area contributed by atoms with Gasteiger partial charge in [0.05, 0.1) is 112 Å². The molecule has 2 unspecified atom stereocenters. The average molecular weight is 1840 g/mol. The van der Waals surface area contributed by atoms with Gasteiger partial charge in [-0.25, -0.2) is 14.4 Å². The number of aliphatic hydroxyl groups excluding tert-OH is 2. The number of aromatic nitrogens is 3. The van der Waals surface area contributed by atoms with Gasteiger partial charge >= 0.3 is 24.5 Å². The molecule has 0 bridgehead atoms. The number of amides is 3. The van der Waals surface area contributed by atoms with Crippen molar-refractivity contribution in [3.05, 3.63) is 255 Å². The number of aromatic amines is 1. The zero-order valence-electron chi connectivity index (χ0n) is 75.3. The molecule has 5 aliphatic rings. The van der Waals surface area contributed by atoms with Gasteiger partial charge < -0.3 is 62.7 Å². The summed E-state index contributed by atoms with van der Waals surface area (Å²) in [6.45, 7) is 16.5. The Labute approximate surface area is 775 Å². The first kappa shape index (κ1) is 102. The van der Waals surface area contributed by atoms with Crippen molar-refractivity contribution in [2.75, 3.05) is 149 Å². The van der Waals surface area contributed by atoms with Crippen LogP contribution in [0.15, 0.2) is 205 Å². The van der Waals surface area contributed by atoms with Crippen LogP contribution in [0.4, 0.5) is 44.6 Å². The third-order valence-electron chi connectivity index (χ3n) is 21.2. The maximum atomic E-state index is 12.2. The largest absolute Gasteiger partial charge is 0.497 e. The fraction of sp³-hybridized carbons (Fsp3) is 0.376. The summed E-state index contributed by atoms with van der Waals surface area (Å²) in [5.74, 6) is 7.79. The van der Waals surface area contributed by atoms with E-state index in [2.05, 4.69) is 103 Å². The molecule has 3 N–H and O–H groups in total. The number of piperidine rings is 1. The minimum absolute atomic E-state index is 0.131. The second-order valence-electron chi connectivity index (χ2n) is 31.5. The Balaban J connectivity index is 0.000000174. The van der Waals surface area contributed by atoms with Gasteiger partial charge in [-0.05, 0) is 230 Å². The number of hydrogen-bond acceptors (Lipinski definition) is 21. The molecule has 0 saturated carbocycles. The highest BCUT2D eigenvalue weighted by Gasteiger charge is 2.38. The van der Waals surface area contributed by atoms with Crippen molar-refractivity contribution in [3.8, 4) is 65.0 Å². The van der Waals surface area contributed by atoms with Crippen LogP contribution in [0.25, 0.3) is 22.2 Å². The van der Waals surface area contributed by atoms with Crippen molar-refractivity contribution in [3.63, 3.8) is 0 Å². The third kappa shape index (κ3) is 33.6. The van der Waals surface area contributed by atoms with Crippen molar-refractivity contribution in [1.29, 1.82) is 5.26 Å². The van der Waals surface area contributed by atoms with Gasteiger partial charge in [-0.2, -0.15) is 28.6 Å². The lowest BCUT2D eigenvalue weighted by Crippen LogP contribution is -2.30. The Hall–Kier alpha value is -12.2. The molecule has 0 spiro atoms. The standard InChI is InChI=1S/C19H25N3.C19H18N2O4.C15H18F3NO5.C13H15Cl2NO.C13H14N2O.C11H13NO3.C11H13N/c1-16-15-19(17-9-4-2-5-10-17)21-20-18(16)11-8-14-22-12-6-3-7-13-22;1-23-13-18-11-21(19(22)25-18)16-5-7-17(8-6-16)24-12-15-4-2-3-14(9-15)10-20;1-22-9-12-8-19(14(21)24-12)10-2-4-11(5-3-10)23-7-6-13(20)15(16,17)18;1-3-7-16(2)8-4-9-17-13-6-5-11(14)10-12(13)15;1-8-13-11(5-6-14-8)10-4-3-9(16-2)7-12(10)15-13;1-8-3-2-4-9(5-8)12-6-10(7-13)15-11(12)14;1-3-9-12(2)10-11-7-5-4-6-8-11/h2,4-5,9-10,15H,3,6-8,11-14H2,1H3;2-9,18H,11-13H2,1H3;2-5,12-13,20H,6-9H2,1H3;1,5-6,10H,4,7-9H2,2H3;3-4,7,15H,5-6H2,1-2H3;2-5,10,13H,6-7H2,1H3;1,4-8H,9-10H2,2H3/t;;12-,13-;;;;/m..1..../s1. The number of aryl methyl sites for hydroxylation is 3. The summed E-state index contributed by atoms with van der Waals surface area (Å²) in [7, 11) is 8.78. The van der Waals surface area contributed by atoms with Crippen LogP contribution in [0.2, 0.25) is 10.0 Å². The number of nitriles is 1. The van der Waals surface area contributed by atoms with Crippen LogP contribution in [-0.2, 0) is 49.7 Å². The van der Waals surface area contributed by atoms with Crippen molar-refractivity contribution in [2.24, 2.45) is 4.99 Å². The summed E-state index contributed by atoms with van der Waals surface area (Å²) in [6, 6.07) is 64.7. The summed E-state index contributed by atoms with van der Waals surface area (Å²) in [6.07, 6.45) is 8.81. The highest BCUT2D eigenvalue weighted by molar-refractivity contribution is 6.35. The SMILES string of the molecule is C#CCN(C)CCCOc1ccc(Cl)cc1Cl.C#CCN(C)Cc1ccccc1.COCC1CN(c2ccc(OCc3cccc(C#N)c3)cc2)C(=O)O1.COC[C@H]1CN(c2ccc(OCC[C@@H](O)C(F)(F)F)cc2)C(=O)O1.COc1ccc2c3c([nH]c2c1)C(C)=NCC3.Cc1cc(-c2ccccc2)nnc1CCCN1CCCCC1.Cc1cccc(N2CC(CO)OC2=O)c1. The molecule has 10 aromatic rings. The predicted molar refractivity (Wildman–Crippen MR) is 506 cm³/mol. The first-order valence-electron chi connectivity index (χ1n) is 43.3. The van der Waals surface area contributed by atoms with Crippen LogP contribution in [0.1, 0.15) is 90.2 Å². The number of nitrogens with one attached hydrogen (secondary N) is 1. The summed E-state index contributed by atoms with van der Waals surface area (Å²) < 4.78 is 83.4. The van der Waals surface area contributed by atoms with Crippen LogP contribution in [0.3, 0.4) is 0 Å². The zero-order chi connectivity index (χ0) is 94.0. The molecule has 8 aromatic carbocycles. The van der Waals surface area contributed by atoms with E-state index in [4.69, 9.17) is 94.2 Å². The molecule has 694 valence electrons. The Kier molecular flexibility index (Phi) is 42.1. The summed E-state index contributed by atoms with van der Waals surface area (Å²) in [5.41, 5.74) is 15.4. The highest BCUT2D eigenvalue weighted by atomic mass is 35.5. The molecule has 4 saturated heterocycles. The van der Waals surface area contributed by atoms with Crippen LogP contribution in [0, 0.1) is 49.9 Å². The fourth-order valence-corrected chi connectivity index (χ4v) is 14.8. The van der Waals surface area contributed by atoms with Gasteiger partial charge in [0.1, 0.15) is 47.9 Å². The molecule has 30 heteroatoms. The van der Waals surface area contributed by atoms with E-state index in [9.17, 15) is 27.6 Å². The van der Waals surface area contributed by atoms with Gasteiger partial charge in [0, 0.05) is 84.9 Å². The number of anilines is 3. The van der Waals surface area contributed by atoms with E-state index < -0.39 is 30.9 Å². The number of terminal acetylenes is 2. The molecule has 0 radical (unpaired) electrons. The monoisotopic (exact) mass is 1830 g/mol. The van der Waals surface area contributed by atoms with Crippen LogP contribution < -0.4 is 33.6 Å². The maximum Gasteiger partial charge on any atom is 0.414 e. The molecule has 0 aliphatic carbocycles. The molecule has 7 heterocycles. The second-order valence-corrected chi connectivity index (χ2v) is 32.3. The number of halogens is 5. The molecule has 15 rings (SSSR count). The zero-order valence-corrected chi connectivity index (χ0v) is 76.9. The molecular formula is C101H116Cl2F3N11O14. The van der Waals surface area contributed by atoms with Gasteiger partial charge in [-0.1, -0.05) is 126 Å². The molecule has 4 fully saturated rings. The number of H-pyrrole nitrogens is 1. The Bertz CT molecular complexity index is 5380. The number of carbonyl (C=O) groups is 3. The quantitative estimate of drug-likeness (QED) is 0.0214. The highest BCUT2D eigenvalue weighted by Crippen LogP contribution is 2.33. The molecule has 3 amide bonds. The van der Waals surface area contributed by atoms with E-state index >= 15 is 0 Å². The number of fused-ring (bicyclic) bond motifs is 3. The Morgan fingerprint density at radius 3 is 1.82 bits per heavy atom. The van der Waals surface area contributed by atoms with Crippen molar-refractivity contribution in [1.82, 2.24) is 29.9 Å². The lowest BCUT2D eigenvalue weighted by molar-refractivity contribution is -0.206. The van der Waals surface area contributed by atoms with Crippen LogP contribution in [-0.4, -0.2) is 229 Å². The van der Waals surface area contributed by atoms with Crippen molar-refractivity contribution >= 4 is 75.2 Å². The number of carbonyl (C=O) groups excluding carboxylic acids is 3. The van der Waals surface area contributed by atoms with E-state index in [-0.39, 0.29) is 37.6 Å². The van der Waals surface area contributed by atoms with E-state index in [0.717, 1.165) is 95.3 Å². The number of alkyl halides is 3. The molecule has 2 aromatic heterocycles. The molecular weight excluding hydrogens is 1720 g/mol. The first-order valence-corrected chi connectivity index (χ1v) is 44.0. The van der Waals surface area contributed by atoms with E-state index in [1.165, 1.54) is 102 Å². The number of nitrogens with zero attached hydrogens (tertiary/aromatic N) is 10. The third-order valence-corrected chi connectivity index (χ3v) is 21.7. The van der Waals surface area contributed by atoms with E-state index in [1.807, 2.05) is 118 Å². The number of hydrogen-bond donors (Lipinski definition) is 3. The summed E-state index contributed by atoms with van der Waals surface area (Å²) in [5, 5.41) is 38.0. The topological polar surface area (TPSA) is 272 Å². The van der Waals surface area contributed by atoms with Crippen LogP contribution in [0.5, 0.6) is 23.0 Å². The van der Waals surface area contributed by atoms with Crippen LogP contribution >= 0.6 is 23.2 Å². The van der Waals surface area contributed by atoms with Gasteiger partial charge in [0.15, 0.2) is 6.10 Å². The number of cyclic esters (lactones) is 3. The fourth-order valence-electron chi connectivity index (χ4n) is 14.4. The summed E-state index contributed by atoms with van der Waals surface area (Å²) >= 11 is 11.8. The summed E-state index contributed by atoms with van der Waals surface area (Å²) in [4.78, 5) is 54.3. The maximum absolute atomic E-state index is 12.2. The number of methoxy groups -OCH3 is 3. The first-order chi connectivity index (χ1) is 63.3. The van der Waals surface area contributed by atoms with Gasteiger partial charge in [0.25, 0.3) is 0 Å². The lowest BCUT2D eigenvalue weighted by atomic mass is 10.0. The van der Waals surface area contributed by atoms with Crippen molar-refractivity contribution < 1.29 is 80.4 Å². The molecule has 25 nitrogen and oxygen atoms in total. The van der Waals surface area contributed by atoms with Gasteiger partial charge in [-0.15, -0.1) is 12.8 Å². The second kappa shape index (κ2) is 53.8. The lowest BCUT2D eigenvalue weighted by Gasteiger charge is -2.26. The predicted octanol–water partition coefficient (Wildman–Crippen LogP) is 18.3. The van der Waals surface area contributed by atoms with Crippen molar-refractivity contribution in [2.45, 2.75) is 116 Å². The number of ether oxygens (including phenoxy) is 9. The number of likely N-dealkylation sites (tertiary alicyclic amines) is 1. The Morgan fingerprint density at radius 2 is 1.23 bits per heavy atom. The Morgan fingerprint density at radius 1 is 0.634 bits per heavy atom. The average Bonchev–Trinajstić information content (AvgIpc) is 1.27. The van der Waals surface area contributed by atoms with E-state index in [1.54, 1.807) is 73.7 Å². The number of rotatable bonds is 30. The smallest absolute Gasteiger partial charge is 0.414 e. The number of aliphatic imine (C=N–C) groups is 1. The minimum Gasteiger partial charge on any atom is -0.497 e. The normalized spacial score (nSPS) is 15.7. The van der Waals surface area contributed by atoms with Gasteiger partial charge in [-0.3, -0.25) is 29.5 Å². The van der Waals surface area contributed by atoms with Gasteiger partial charge in [0.2, 0.25) is 0 Å². The molecule has 131 heavy (non-hydrogen) atoms. The minimum atomic E-state index is -4.65. The molecule has 4 atom stereocenters. The van der Waals surface area contributed by atoms with E-state index in [0.29, 0.717) is 97.7 Å². The number of benzene rings is 8. The molecule has 5 aliphatic heterocycles.